The van der Waals surface area contributed by atoms with Gasteiger partial charge in [0.2, 0.25) is 15.9 Å². The summed E-state index contributed by atoms with van der Waals surface area (Å²) in [5, 5.41) is 2.66. The number of ether oxygens (including phenoxy) is 1. The molecular weight excluding hydrogens is 368 g/mol. The number of methoxy groups -OCH3 is 1. The van der Waals surface area contributed by atoms with E-state index in [1.807, 2.05) is 19.1 Å². The molecule has 0 aliphatic heterocycles. The molecule has 1 N–H and O–H groups in total. The van der Waals surface area contributed by atoms with E-state index in [0.29, 0.717) is 16.9 Å². The van der Waals surface area contributed by atoms with Crippen molar-refractivity contribution in [3.63, 3.8) is 0 Å². The van der Waals surface area contributed by atoms with Gasteiger partial charge in [-0.1, -0.05) is 23.8 Å². The van der Waals surface area contributed by atoms with Gasteiger partial charge in [0.1, 0.15) is 0 Å². The van der Waals surface area contributed by atoms with Gasteiger partial charge in [-0.25, -0.2) is 13.2 Å². The highest BCUT2D eigenvalue weighted by Gasteiger charge is 2.18. The van der Waals surface area contributed by atoms with Gasteiger partial charge in [0.25, 0.3) is 0 Å². The van der Waals surface area contributed by atoms with Crippen molar-refractivity contribution in [3.8, 4) is 0 Å². The van der Waals surface area contributed by atoms with Crippen LogP contribution in [0.4, 0.5) is 11.4 Å². The quantitative estimate of drug-likeness (QED) is 0.734. The summed E-state index contributed by atoms with van der Waals surface area (Å²) in [5.74, 6) is -0.869. The Bertz CT molecular complexity index is 923. The minimum atomic E-state index is -3.53. The van der Waals surface area contributed by atoms with Gasteiger partial charge in [-0.3, -0.25) is 9.10 Å². The van der Waals surface area contributed by atoms with Crippen LogP contribution in [0.1, 0.15) is 22.3 Å². The first-order chi connectivity index (χ1) is 12.7. The smallest absolute Gasteiger partial charge is 0.337 e. The van der Waals surface area contributed by atoms with E-state index in [2.05, 4.69) is 10.1 Å². The van der Waals surface area contributed by atoms with Crippen molar-refractivity contribution in [2.45, 2.75) is 13.3 Å². The minimum Gasteiger partial charge on any atom is -0.465 e. The van der Waals surface area contributed by atoms with Gasteiger partial charge in [0, 0.05) is 18.7 Å². The molecule has 0 bridgehead atoms. The molecule has 0 aliphatic rings. The Morgan fingerprint density at radius 2 is 1.78 bits per heavy atom. The molecule has 2 rings (SSSR count). The summed E-state index contributed by atoms with van der Waals surface area (Å²) in [6.45, 7) is 1.91. The Morgan fingerprint density at radius 1 is 1.11 bits per heavy atom. The minimum absolute atomic E-state index is 0.00438. The number of nitrogens with one attached hydrogen (secondary N) is 1. The molecule has 0 saturated heterocycles. The highest BCUT2D eigenvalue weighted by atomic mass is 32.2. The standard InChI is InChI=1S/C19H22N2O5S/c1-14-7-9-17(10-8-14)21(27(3,24)25)12-11-18(22)20-16-6-4-5-15(13-16)19(23)26-2/h4-10,13H,11-12H2,1-3H3,(H,20,22). The summed E-state index contributed by atoms with van der Waals surface area (Å²) in [4.78, 5) is 23.8. The van der Waals surface area contributed by atoms with Crippen molar-refractivity contribution in [1.82, 2.24) is 0 Å². The number of hydrogen-bond acceptors (Lipinski definition) is 5. The first-order valence-corrected chi connectivity index (χ1v) is 10.1. The van der Waals surface area contributed by atoms with Crippen molar-refractivity contribution in [2.24, 2.45) is 0 Å². The van der Waals surface area contributed by atoms with E-state index in [4.69, 9.17) is 0 Å². The van der Waals surface area contributed by atoms with Crippen LogP contribution in [0, 0.1) is 6.92 Å². The zero-order valence-electron chi connectivity index (χ0n) is 15.4. The Kier molecular flexibility index (Phi) is 6.57. The maximum absolute atomic E-state index is 12.2. The molecule has 0 aliphatic carbocycles. The van der Waals surface area contributed by atoms with Crippen molar-refractivity contribution in [1.29, 1.82) is 0 Å². The summed E-state index contributed by atoms with van der Waals surface area (Å²) in [6, 6.07) is 13.4. The van der Waals surface area contributed by atoms with Gasteiger partial charge in [0.05, 0.1) is 24.6 Å². The molecule has 27 heavy (non-hydrogen) atoms. The molecule has 0 fully saturated rings. The molecule has 8 heteroatoms. The first kappa shape index (κ1) is 20.4. The molecule has 0 radical (unpaired) electrons. The number of esters is 1. The normalized spacial score (nSPS) is 10.9. The number of hydrogen-bond donors (Lipinski definition) is 1. The molecule has 1 amide bonds. The van der Waals surface area contributed by atoms with Crippen LogP contribution in [0.3, 0.4) is 0 Å². The fourth-order valence-corrected chi connectivity index (χ4v) is 3.39. The van der Waals surface area contributed by atoms with Gasteiger partial charge < -0.3 is 10.1 Å². The molecular formula is C19H22N2O5S. The number of amides is 1. The first-order valence-electron chi connectivity index (χ1n) is 8.23. The molecule has 0 saturated carbocycles. The average Bonchev–Trinajstić information content (AvgIpc) is 2.61. The summed E-state index contributed by atoms with van der Waals surface area (Å²) in [7, 11) is -2.25. The summed E-state index contributed by atoms with van der Waals surface area (Å²) >= 11 is 0. The third-order valence-electron chi connectivity index (χ3n) is 3.83. The van der Waals surface area contributed by atoms with E-state index in [9.17, 15) is 18.0 Å². The van der Waals surface area contributed by atoms with Crippen LogP contribution < -0.4 is 9.62 Å². The van der Waals surface area contributed by atoms with Gasteiger partial charge in [0.15, 0.2) is 0 Å². The zero-order chi connectivity index (χ0) is 20.0. The van der Waals surface area contributed by atoms with E-state index in [1.54, 1.807) is 30.3 Å². The molecule has 0 aromatic heterocycles. The van der Waals surface area contributed by atoms with E-state index in [0.717, 1.165) is 11.8 Å². The number of rotatable bonds is 7. The molecule has 2 aromatic carbocycles. The fourth-order valence-electron chi connectivity index (χ4n) is 2.47. The van der Waals surface area contributed by atoms with E-state index in [-0.39, 0.29) is 18.9 Å². The third-order valence-corrected chi connectivity index (χ3v) is 5.03. The highest BCUT2D eigenvalue weighted by Crippen LogP contribution is 2.19. The summed E-state index contributed by atoms with van der Waals surface area (Å²) < 4.78 is 30.0. The van der Waals surface area contributed by atoms with Crippen LogP contribution in [-0.2, 0) is 19.6 Å². The molecule has 2 aromatic rings. The molecule has 0 heterocycles. The van der Waals surface area contributed by atoms with Crippen LogP contribution in [0.2, 0.25) is 0 Å². The topological polar surface area (TPSA) is 92.8 Å². The monoisotopic (exact) mass is 390 g/mol. The molecule has 0 atom stereocenters. The van der Waals surface area contributed by atoms with Gasteiger partial charge >= 0.3 is 5.97 Å². The average molecular weight is 390 g/mol. The number of sulfonamides is 1. The van der Waals surface area contributed by atoms with E-state index >= 15 is 0 Å². The maximum atomic E-state index is 12.2. The predicted octanol–water partition coefficient (Wildman–Crippen LogP) is 2.58. The van der Waals surface area contributed by atoms with Crippen LogP contribution in [0.5, 0.6) is 0 Å². The lowest BCUT2D eigenvalue weighted by Crippen LogP contribution is -2.33. The largest absolute Gasteiger partial charge is 0.465 e. The number of anilines is 2. The third kappa shape index (κ3) is 5.82. The zero-order valence-corrected chi connectivity index (χ0v) is 16.2. The van der Waals surface area contributed by atoms with Gasteiger partial charge in [-0.2, -0.15) is 0 Å². The SMILES string of the molecule is COC(=O)c1cccc(NC(=O)CCN(c2ccc(C)cc2)S(C)(=O)=O)c1. The van der Waals surface area contributed by atoms with Crippen molar-refractivity contribution in [3.05, 3.63) is 59.7 Å². The van der Waals surface area contributed by atoms with Crippen LogP contribution in [0.25, 0.3) is 0 Å². The van der Waals surface area contributed by atoms with Crippen LogP contribution in [0.15, 0.2) is 48.5 Å². The number of aryl methyl sites for hydroxylation is 1. The number of benzene rings is 2. The Hall–Kier alpha value is -2.87. The molecule has 144 valence electrons. The van der Waals surface area contributed by atoms with Crippen LogP contribution in [-0.4, -0.2) is 40.2 Å². The predicted molar refractivity (Wildman–Crippen MR) is 104 cm³/mol. The molecule has 0 spiro atoms. The lowest BCUT2D eigenvalue weighted by Gasteiger charge is -2.22. The second kappa shape index (κ2) is 8.68. The van der Waals surface area contributed by atoms with Gasteiger partial charge in [-0.15, -0.1) is 0 Å². The maximum Gasteiger partial charge on any atom is 0.337 e. The van der Waals surface area contributed by atoms with Crippen molar-refractivity contribution < 1.29 is 22.7 Å². The van der Waals surface area contributed by atoms with E-state index in [1.165, 1.54) is 17.5 Å². The summed E-state index contributed by atoms with van der Waals surface area (Å²) in [6.07, 6.45) is 1.06. The lowest BCUT2D eigenvalue weighted by molar-refractivity contribution is -0.116. The highest BCUT2D eigenvalue weighted by molar-refractivity contribution is 7.92. The summed E-state index contributed by atoms with van der Waals surface area (Å²) in [5.41, 5.74) is 2.26. The van der Waals surface area contributed by atoms with Crippen molar-refractivity contribution in [2.75, 3.05) is 29.5 Å². The lowest BCUT2D eigenvalue weighted by atomic mass is 10.2. The van der Waals surface area contributed by atoms with E-state index < -0.39 is 16.0 Å². The molecule has 0 unspecified atom stereocenters. The number of carbonyl (C=O) groups is 2. The Morgan fingerprint density at radius 3 is 2.37 bits per heavy atom. The Labute approximate surface area is 159 Å². The van der Waals surface area contributed by atoms with Gasteiger partial charge in [-0.05, 0) is 37.3 Å². The van der Waals surface area contributed by atoms with Crippen LogP contribution >= 0.6 is 0 Å². The van der Waals surface area contributed by atoms with Crippen molar-refractivity contribution >= 4 is 33.3 Å². The fraction of sp³-hybridized carbons (Fsp3) is 0.263. The second-order valence-corrected chi connectivity index (χ2v) is 7.95. The molecule has 7 nitrogen and oxygen atoms in total. The number of carbonyl (C=O) groups excluding carboxylic acids is 2. The second-order valence-electron chi connectivity index (χ2n) is 6.04. The number of nitrogens with zero attached hydrogens (tertiary/aromatic N) is 1. The Balaban J connectivity index is 2.06.